The van der Waals surface area contributed by atoms with Crippen LogP contribution in [0.4, 0.5) is 4.39 Å². The van der Waals surface area contributed by atoms with Crippen molar-refractivity contribution in [1.82, 2.24) is 5.01 Å². The van der Waals surface area contributed by atoms with Gasteiger partial charge in [-0.3, -0.25) is 4.79 Å². The lowest BCUT2D eigenvalue weighted by Crippen LogP contribution is -2.30. The average molecular weight is 263 g/mol. The molecule has 1 aromatic carbocycles. The molecule has 0 N–H and O–H groups in total. The van der Waals surface area contributed by atoms with E-state index in [-0.39, 0.29) is 11.7 Å². The Morgan fingerprint density at radius 2 is 2.05 bits per heavy atom. The first-order valence-corrected chi connectivity index (χ1v) is 5.74. The Bertz CT molecular complexity index is 552. The second-order valence-corrected chi connectivity index (χ2v) is 4.20. The molecule has 2 rings (SSSR count). The Morgan fingerprint density at radius 1 is 1.42 bits per heavy atom. The maximum atomic E-state index is 12.9. The third kappa shape index (κ3) is 2.47. The largest absolute Gasteiger partial charge is 0.399 e. The number of hydrogen-bond donors (Lipinski definition) is 0. The molecule has 1 amide bonds. The molecule has 0 fully saturated rings. The molecule has 1 unspecified atom stereocenters. The fourth-order valence-electron chi connectivity index (χ4n) is 1.99. The summed E-state index contributed by atoms with van der Waals surface area (Å²) in [7, 11) is 2.99. The van der Waals surface area contributed by atoms with Gasteiger partial charge >= 0.3 is 0 Å². The molecule has 0 aromatic heterocycles. The zero-order valence-corrected chi connectivity index (χ0v) is 10.9. The lowest BCUT2D eigenvalue weighted by atomic mass is 9.93. The summed E-state index contributed by atoms with van der Waals surface area (Å²) in [6, 6.07) is 5.85. The van der Waals surface area contributed by atoms with Crippen LogP contribution in [0, 0.1) is 11.7 Å². The minimum absolute atomic E-state index is 0.183. The summed E-state index contributed by atoms with van der Waals surface area (Å²) in [4.78, 5) is 16.8. The van der Waals surface area contributed by atoms with Crippen LogP contribution in [0.1, 0.15) is 12.5 Å². The molecule has 5 nitrogen and oxygen atoms in total. The van der Waals surface area contributed by atoms with Gasteiger partial charge in [-0.15, -0.1) is 0 Å². The first-order chi connectivity index (χ1) is 9.04. The highest BCUT2D eigenvalue weighted by Gasteiger charge is 2.37. The maximum Gasteiger partial charge on any atom is 0.257 e. The van der Waals surface area contributed by atoms with E-state index in [1.807, 2.05) is 0 Å². The number of carbonyl (C=O) groups excluding carboxylic acids is 1. The number of rotatable bonds is 3. The van der Waals surface area contributed by atoms with E-state index in [0.717, 1.165) is 0 Å². The van der Waals surface area contributed by atoms with Gasteiger partial charge in [0.2, 0.25) is 0 Å². The molecule has 100 valence electrons. The van der Waals surface area contributed by atoms with Gasteiger partial charge in [0.1, 0.15) is 18.8 Å². The highest BCUT2D eigenvalue weighted by atomic mass is 19.1. The Kier molecular flexibility index (Phi) is 3.59. The Labute approximate surface area is 110 Å². The van der Waals surface area contributed by atoms with E-state index in [1.165, 1.54) is 24.3 Å². The monoisotopic (exact) mass is 263 g/mol. The normalized spacial score (nSPS) is 19.7. The van der Waals surface area contributed by atoms with Crippen LogP contribution in [0.2, 0.25) is 0 Å². The van der Waals surface area contributed by atoms with Crippen molar-refractivity contribution in [2.45, 2.75) is 6.92 Å². The molecule has 0 aliphatic carbocycles. The summed E-state index contributed by atoms with van der Waals surface area (Å²) < 4.78 is 12.9. The van der Waals surface area contributed by atoms with Gasteiger partial charge in [-0.1, -0.05) is 17.3 Å². The molecule has 1 aliphatic rings. The lowest BCUT2D eigenvalue weighted by Gasteiger charge is -2.10. The number of benzene rings is 1. The van der Waals surface area contributed by atoms with Crippen LogP contribution in [0.25, 0.3) is 0 Å². The molecule has 0 saturated carbocycles. The van der Waals surface area contributed by atoms with Crippen LogP contribution in [0.3, 0.4) is 0 Å². The number of oxime groups is 1. The summed E-state index contributed by atoms with van der Waals surface area (Å²) in [5.74, 6) is -1.10. The molecular formula is C13H14FN3O2. The van der Waals surface area contributed by atoms with Crippen LogP contribution in [0.5, 0.6) is 0 Å². The van der Waals surface area contributed by atoms with Gasteiger partial charge in [0, 0.05) is 7.05 Å². The van der Waals surface area contributed by atoms with Crippen molar-refractivity contribution in [1.29, 1.82) is 0 Å². The molecule has 0 saturated heterocycles. The van der Waals surface area contributed by atoms with Gasteiger partial charge in [-0.2, -0.15) is 5.10 Å². The molecule has 1 aromatic rings. The molecule has 1 aliphatic heterocycles. The molecule has 6 heteroatoms. The van der Waals surface area contributed by atoms with E-state index < -0.39 is 5.92 Å². The number of hydrazone groups is 1. The standard InChI is InChI=1S/C13H14FN3O2/c1-8(16-19-3)11-12(15-17(2)13(11)18)9-4-6-10(14)7-5-9/h4-7,11H,1-3H3/b16-8+. The van der Waals surface area contributed by atoms with E-state index in [2.05, 4.69) is 10.3 Å². The summed E-state index contributed by atoms with van der Waals surface area (Å²) in [5, 5.41) is 9.26. The van der Waals surface area contributed by atoms with Crippen LogP contribution < -0.4 is 0 Å². The summed E-state index contributed by atoms with van der Waals surface area (Å²) in [6.07, 6.45) is 0. The van der Waals surface area contributed by atoms with Crippen molar-refractivity contribution >= 4 is 17.3 Å². The molecule has 0 spiro atoms. The van der Waals surface area contributed by atoms with Gasteiger partial charge < -0.3 is 4.84 Å². The third-order valence-corrected chi connectivity index (χ3v) is 2.89. The van der Waals surface area contributed by atoms with E-state index in [1.54, 1.807) is 26.1 Å². The van der Waals surface area contributed by atoms with Crippen molar-refractivity contribution in [2.75, 3.05) is 14.2 Å². The molecular weight excluding hydrogens is 249 g/mol. The fourth-order valence-corrected chi connectivity index (χ4v) is 1.99. The van der Waals surface area contributed by atoms with E-state index >= 15 is 0 Å². The molecule has 0 bridgehead atoms. The first-order valence-electron chi connectivity index (χ1n) is 5.74. The summed E-state index contributed by atoms with van der Waals surface area (Å²) >= 11 is 0. The number of nitrogens with zero attached hydrogens (tertiary/aromatic N) is 3. The Hall–Kier alpha value is -2.24. The smallest absolute Gasteiger partial charge is 0.257 e. The van der Waals surface area contributed by atoms with Gasteiger partial charge in [0.15, 0.2) is 0 Å². The fraction of sp³-hybridized carbons (Fsp3) is 0.308. The highest BCUT2D eigenvalue weighted by molar-refractivity contribution is 6.28. The molecule has 1 heterocycles. The van der Waals surface area contributed by atoms with Crippen molar-refractivity contribution < 1.29 is 14.0 Å². The third-order valence-electron chi connectivity index (χ3n) is 2.89. The van der Waals surface area contributed by atoms with Crippen LogP contribution in [0.15, 0.2) is 34.5 Å². The topological polar surface area (TPSA) is 54.3 Å². The molecule has 0 radical (unpaired) electrons. The SMILES string of the molecule is CO/N=C(\C)C1C(=O)N(C)N=C1c1ccc(F)cc1. The number of halogens is 1. The Balaban J connectivity index is 2.42. The van der Waals surface area contributed by atoms with Crippen molar-refractivity contribution in [3.05, 3.63) is 35.6 Å². The zero-order valence-electron chi connectivity index (χ0n) is 10.9. The second-order valence-electron chi connectivity index (χ2n) is 4.20. The highest BCUT2D eigenvalue weighted by Crippen LogP contribution is 2.21. The molecule has 1 atom stereocenters. The van der Waals surface area contributed by atoms with Crippen molar-refractivity contribution in [3.8, 4) is 0 Å². The number of carbonyl (C=O) groups is 1. The average Bonchev–Trinajstić information content (AvgIpc) is 2.67. The summed E-state index contributed by atoms with van der Waals surface area (Å²) in [6.45, 7) is 1.70. The van der Waals surface area contributed by atoms with Crippen molar-refractivity contribution in [2.24, 2.45) is 16.2 Å². The second kappa shape index (κ2) is 5.17. The predicted molar refractivity (Wildman–Crippen MR) is 69.3 cm³/mol. The maximum absolute atomic E-state index is 12.9. The van der Waals surface area contributed by atoms with Crippen molar-refractivity contribution in [3.63, 3.8) is 0 Å². The quantitative estimate of drug-likeness (QED) is 0.615. The predicted octanol–water partition coefficient (Wildman–Crippen LogP) is 1.64. The van der Waals surface area contributed by atoms with Gasteiger partial charge in [-0.25, -0.2) is 9.40 Å². The number of hydrogen-bond acceptors (Lipinski definition) is 4. The van der Waals surface area contributed by atoms with Crippen LogP contribution in [-0.2, 0) is 9.63 Å². The van der Waals surface area contributed by atoms with Gasteiger partial charge in [-0.05, 0) is 24.6 Å². The summed E-state index contributed by atoms with van der Waals surface area (Å²) in [5.41, 5.74) is 1.75. The first kappa shape index (κ1) is 13.2. The Morgan fingerprint density at radius 3 is 2.63 bits per heavy atom. The lowest BCUT2D eigenvalue weighted by molar-refractivity contribution is -0.128. The van der Waals surface area contributed by atoms with E-state index in [4.69, 9.17) is 4.84 Å². The van der Waals surface area contributed by atoms with Crippen LogP contribution in [-0.4, -0.2) is 36.5 Å². The minimum Gasteiger partial charge on any atom is -0.399 e. The van der Waals surface area contributed by atoms with Crippen LogP contribution >= 0.6 is 0 Å². The zero-order chi connectivity index (χ0) is 14.0. The van der Waals surface area contributed by atoms with Gasteiger partial charge in [0.05, 0.1) is 11.4 Å². The van der Waals surface area contributed by atoms with E-state index in [0.29, 0.717) is 17.0 Å². The number of amides is 1. The van der Waals surface area contributed by atoms with E-state index in [9.17, 15) is 9.18 Å². The van der Waals surface area contributed by atoms with Gasteiger partial charge in [0.25, 0.3) is 5.91 Å². The molecule has 19 heavy (non-hydrogen) atoms. The minimum atomic E-state index is -0.588.